The summed E-state index contributed by atoms with van der Waals surface area (Å²) < 4.78 is 36.0. The number of nitro groups is 2. The SMILES string of the molecule is O=[N+]([O-])c1cccc([N+](=O)[O-])c1NCC(F)(F)F. The van der Waals surface area contributed by atoms with Crippen molar-refractivity contribution < 1.29 is 23.0 Å². The van der Waals surface area contributed by atoms with Crippen LogP contribution in [-0.4, -0.2) is 22.6 Å². The van der Waals surface area contributed by atoms with Crippen molar-refractivity contribution in [2.75, 3.05) is 11.9 Å². The van der Waals surface area contributed by atoms with Crippen molar-refractivity contribution in [3.05, 3.63) is 38.4 Å². The highest BCUT2D eigenvalue weighted by atomic mass is 19.4. The number of hydrogen-bond donors (Lipinski definition) is 1. The zero-order valence-corrected chi connectivity index (χ0v) is 8.60. The molecule has 0 saturated heterocycles. The van der Waals surface area contributed by atoms with E-state index in [1.54, 1.807) is 5.32 Å². The molecule has 0 aliphatic rings. The van der Waals surface area contributed by atoms with Gasteiger partial charge in [0.2, 0.25) is 0 Å². The van der Waals surface area contributed by atoms with Crippen molar-refractivity contribution >= 4 is 17.1 Å². The molecule has 0 fully saturated rings. The van der Waals surface area contributed by atoms with Crippen molar-refractivity contribution in [1.82, 2.24) is 0 Å². The van der Waals surface area contributed by atoms with Gasteiger partial charge in [-0.05, 0) is 6.07 Å². The number of benzene rings is 1. The Hall–Kier alpha value is -2.39. The predicted molar refractivity (Wildman–Crippen MR) is 54.3 cm³/mol. The van der Waals surface area contributed by atoms with E-state index in [9.17, 15) is 33.4 Å². The van der Waals surface area contributed by atoms with Crippen molar-refractivity contribution in [2.24, 2.45) is 0 Å². The standard InChI is InChI=1S/C8H6F3N3O4/c9-8(10,11)4-12-7-5(13(15)16)2-1-3-6(7)14(17)18/h1-3,12H,4H2. The zero-order valence-electron chi connectivity index (χ0n) is 8.60. The van der Waals surface area contributed by atoms with Crippen LogP contribution in [0.1, 0.15) is 0 Å². The summed E-state index contributed by atoms with van der Waals surface area (Å²) in [5.41, 5.74) is -2.33. The zero-order chi connectivity index (χ0) is 13.9. The first-order valence-electron chi connectivity index (χ1n) is 4.45. The Balaban J connectivity index is 3.19. The van der Waals surface area contributed by atoms with Gasteiger partial charge in [-0.1, -0.05) is 0 Å². The summed E-state index contributed by atoms with van der Waals surface area (Å²) in [6.07, 6.45) is -4.64. The summed E-state index contributed by atoms with van der Waals surface area (Å²) in [5.74, 6) is 0. The lowest BCUT2D eigenvalue weighted by atomic mass is 10.2. The second-order valence-electron chi connectivity index (χ2n) is 3.15. The quantitative estimate of drug-likeness (QED) is 0.666. The lowest BCUT2D eigenvalue weighted by Crippen LogP contribution is -2.22. The van der Waals surface area contributed by atoms with Crippen molar-refractivity contribution in [3.8, 4) is 0 Å². The molecule has 0 spiro atoms. The summed E-state index contributed by atoms with van der Waals surface area (Å²) in [4.78, 5) is 19.2. The van der Waals surface area contributed by atoms with Crippen molar-refractivity contribution in [3.63, 3.8) is 0 Å². The highest BCUT2D eigenvalue weighted by molar-refractivity contribution is 5.73. The second kappa shape index (κ2) is 4.85. The molecule has 0 bridgehead atoms. The lowest BCUT2D eigenvalue weighted by Gasteiger charge is -2.09. The van der Waals surface area contributed by atoms with Gasteiger partial charge >= 0.3 is 6.18 Å². The Morgan fingerprint density at radius 1 is 1.11 bits per heavy atom. The number of nitro benzene ring substituents is 2. The van der Waals surface area contributed by atoms with E-state index in [0.717, 1.165) is 18.2 Å². The van der Waals surface area contributed by atoms with Crippen LogP contribution >= 0.6 is 0 Å². The summed E-state index contributed by atoms with van der Waals surface area (Å²) >= 11 is 0. The van der Waals surface area contributed by atoms with Crippen LogP contribution in [0.5, 0.6) is 0 Å². The largest absolute Gasteiger partial charge is 0.405 e. The van der Waals surface area contributed by atoms with Crippen LogP contribution in [0.2, 0.25) is 0 Å². The monoisotopic (exact) mass is 265 g/mol. The van der Waals surface area contributed by atoms with Crippen LogP contribution in [0.3, 0.4) is 0 Å². The molecule has 18 heavy (non-hydrogen) atoms. The molecule has 0 heterocycles. The molecule has 7 nitrogen and oxygen atoms in total. The van der Waals surface area contributed by atoms with Gasteiger partial charge in [0.15, 0.2) is 5.69 Å². The molecule has 1 aromatic rings. The lowest BCUT2D eigenvalue weighted by molar-refractivity contribution is -0.392. The third kappa shape index (κ3) is 3.30. The second-order valence-corrected chi connectivity index (χ2v) is 3.15. The van der Waals surface area contributed by atoms with Crippen LogP contribution in [0.4, 0.5) is 30.2 Å². The predicted octanol–water partition coefficient (Wildman–Crippen LogP) is 2.48. The highest BCUT2D eigenvalue weighted by Crippen LogP contribution is 2.34. The number of nitrogens with zero attached hydrogens (tertiary/aromatic N) is 2. The van der Waals surface area contributed by atoms with Crippen LogP contribution < -0.4 is 5.32 Å². The van der Waals surface area contributed by atoms with Crippen LogP contribution in [0, 0.1) is 20.2 Å². The minimum atomic E-state index is -4.64. The molecule has 0 aliphatic carbocycles. The van der Waals surface area contributed by atoms with Gasteiger partial charge in [0.05, 0.1) is 9.85 Å². The average molecular weight is 265 g/mol. The van der Waals surface area contributed by atoms with Gasteiger partial charge in [-0.2, -0.15) is 13.2 Å². The highest BCUT2D eigenvalue weighted by Gasteiger charge is 2.31. The molecule has 0 amide bonds. The Morgan fingerprint density at radius 2 is 1.56 bits per heavy atom. The van der Waals surface area contributed by atoms with Gasteiger partial charge in [0.1, 0.15) is 6.54 Å². The van der Waals surface area contributed by atoms with Crippen LogP contribution in [-0.2, 0) is 0 Å². The molecule has 1 N–H and O–H groups in total. The number of para-hydroxylation sites is 1. The van der Waals surface area contributed by atoms with Gasteiger partial charge in [0.25, 0.3) is 11.4 Å². The number of rotatable bonds is 4. The Kier molecular flexibility index (Phi) is 3.69. The molecule has 0 saturated carbocycles. The maximum atomic E-state index is 12.0. The summed E-state index contributed by atoms with van der Waals surface area (Å²) in [6.45, 7) is -1.60. The Morgan fingerprint density at radius 3 is 1.89 bits per heavy atom. The van der Waals surface area contributed by atoms with E-state index in [1.807, 2.05) is 0 Å². The minimum absolute atomic E-state index is 0.759. The number of alkyl halides is 3. The fourth-order valence-corrected chi connectivity index (χ4v) is 1.20. The first kappa shape index (κ1) is 13.7. The first-order valence-corrected chi connectivity index (χ1v) is 4.45. The molecule has 0 aliphatic heterocycles. The third-order valence-corrected chi connectivity index (χ3v) is 1.88. The molecule has 98 valence electrons. The maximum Gasteiger partial charge on any atom is 0.405 e. The molecule has 0 atom stereocenters. The molecule has 0 unspecified atom stereocenters. The Bertz CT molecular complexity index is 457. The first-order chi connectivity index (χ1) is 8.22. The molecule has 10 heteroatoms. The van der Waals surface area contributed by atoms with Gasteiger partial charge < -0.3 is 5.32 Å². The molecule has 1 aromatic carbocycles. The maximum absolute atomic E-state index is 12.0. The van der Waals surface area contributed by atoms with Gasteiger partial charge in [-0.15, -0.1) is 0 Å². The van der Waals surface area contributed by atoms with E-state index >= 15 is 0 Å². The molecule has 0 radical (unpaired) electrons. The van der Waals surface area contributed by atoms with Gasteiger partial charge in [0, 0.05) is 12.1 Å². The van der Waals surface area contributed by atoms with Crippen LogP contribution in [0.15, 0.2) is 18.2 Å². The Labute approximate surface area is 97.5 Å². The molecule has 0 aromatic heterocycles. The van der Waals surface area contributed by atoms with E-state index in [1.165, 1.54) is 0 Å². The number of nitrogens with one attached hydrogen (secondary N) is 1. The van der Waals surface area contributed by atoms with Crippen LogP contribution in [0.25, 0.3) is 0 Å². The fourth-order valence-electron chi connectivity index (χ4n) is 1.20. The van der Waals surface area contributed by atoms with E-state index in [4.69, 9.17) is 0 Å². The van der Waals surface area contributed by atoms with Gasteiger partial charge in [-0.25, -0.2) is 0 Å². The van der Waals surface area contributed by atoms with E-state index < -0.39 is 39.6 Å². The third-order valence-electron chi connectivity index (χ3n) is 1.88. The number of anilines is 1. The average Bonchev–Trinajstić information content (AvgIpc) is 2.24. The summed E-state index contributed by atoms with van der Waals surface area (Å²) in [5, 5.41) is 22.8. The topological polar surface area (TPSA) is 98.3 Å². The molecular formula is C8H6F3N3O4. The molecular weight excluding hydrogens is 259 g/mol. The summed E-state index contributed by atoms with van der Waals surface area (Å²) in [7, 11) is 0. The smallest absolute Gasteiger partial charge is 0.365 e. The normalized spacial score (nSPS) is 11.1. The van der Waals surface area contributed by atoms with E-state index in [2.05, 4.69) is 0 Å². The van der Waals surface area contributed by atoms with Crippen molar-refractivity contribution in [2.45, 2.75) is 6.18 Å². The summed E-state index contributed by atoms with van der Waals surface area (Å²) in [6, 6.07) is 2.78. The molecule has 1 rings (SSSR count). The van der Waals surface area contributed by atoms with E-state index in [0.29, 0.717) is 0 Å². The fraction of sp³-hybridized carbons (Fsp3) is 0.250. The number of hydrogen-bond acceptors (Lipinski definition) is 5. The minimum Gasteiger partial charge on any atom is -0.365 e. The van der Waals surface area contributed by atoms with Gasteiger partial charge in [-0.3, -0.25) is 20.2 Å². The van der Waals surface area contributed by atoms with Crippen molar-refractivity contribution in [1.29, 1.82) is 0 Å². The number of halogens is 3. The van der Waals surface area contributed by atoms with E-state index in [-0.39, 0.29) is 0 Å².